The van der Waals surface area contributed by atoms with Crippen LogP contribution in [0, 0.1) is 16.0 Å². The van der Waals surface area contributed by atoms with E-state index in [0.29, 0.717) is 38.9 Å². The second-order valence-electron chi connectivity index (χ2n) is 8.89. The van der Waals surface area contributed by atoms with Crippen LogP contribution in [0.3, 0.4) is 0 Å². The summed E-state index contributed by atoms with van der Waals surface area (Å²) in [6.07, 6.45) is 6.45. The van der Waals surface area contributed by atoms with Crippen LogP contribution in [0.5, 0.6) is 0 Å². The number of nitro groups is 1. The Morgan fingerprint density at radius 3 is 2.27 bits per heavy atom. The van der Waals surface area contributed by atoms with Crippen molar-refractivity contribution in [2.45, 2.75) is 51.1 Å². The number of rotatable bonds is 5. The molecule has 182 valence electrons. The molecule has 3 fully saturated rings. The van der Waals surface area contributed by atoms with Gasteiger partial charge >= 0.3 is 0 Å². The lowest BCUT2D eigenvalue weighted by molar-refractivity contribution is -0.384. The van der Waals surface area contributed by atoms with E-state index in [2.05, 4.69) is 10.2 Å². The van der Waals surface area contributed by atoms with Gasteiger partial charge in [0.25, 0.3) is 5.69 Å². The molecule has 2 aliphatic heterocycles. The lowest BCUT2D eigenvalue weighted by atomic mass is 9.95. The minimum absolute atomic E-state index is 0. The maximum atomic E-state index is 12.9. The van der Waals surface area contributed by atoms with Gasteiger partial charge in [0.1, 0.15) is 0 Å². The largest absolute Gasteiger partial charge is 0.378 e. The third-order valence-corrected chi connectivity index (χ3v) is 6.71. The molecule has 1 saturated carbocycles. The number of ether oxygens (including phenoxy) is 1. The Morgan fingerprint density at radius 2 is 1.67 bits per heavy atom. The van der Waals surface area contributed by atoms with E-state index in [0.717, 1.165) is 50.3 Å². The van der Waals surface area contributed by atoms with Crippen LogP contribution in [0.15, 0.2) is 29.3 Å². The van der Waals surface area contributed by atoms with Crippen LogP contribution < -0.4 is 5.32 Å². The zero-order chi connectivity index (χ0) is 22.3. The number of guanidine groups is 1. The Labute approximate surface area is 212 Å². The molecule has 0 bridgehead atoms. The first-order valence-corrected chi connectivity index (χ1v) is 11.8. The molecule has 33 heavy (non-hydrogen) atoms. The molecule has 3 aliphatic rings. The van der Waals surface area contributed by atoms with Crippen molar-refractivity contribution < 1.29 is 14.5 Å². The van der Waals surface area contributed by atoms with E-state index in [9.17, 15) is 14.9 Å². The number of benzene rings is 1. The van der Waals surface area contributed by atoms with E-state index in [1.54, 1.807) is 12.1 Å². The SMILES string of the molecule is I.O=C(C1CCN(C(=NCc2ccc([N+](=O)[O-])cc2)NC2CCCC2)CC1)N1CCOCC1. The number of amides is 1. The van der Waals surface area contributed by atoms with Crippen LogP contribution in [0.4, 0.5) is 5.69 Å². The maximum Gasteiger partial charge on any atom is 0.269 e. The number of hydrogen-bond acceptors (Lipinski definition) is 5. The van der Waals surface area contributed by atoms with Gasteiger partial charge in [-0.05, 0) is 31.2 Å². The zero-order valence-electron chi connectivity index (χ0n) is 19.0. The van der Waals surface area contributed by atoms with Crippen molar-refractivity contribution in [2.75, 3.05) is 39.4 Å². The molecule has 0 atom stereocenters. The number of nitro benzene ring substituents is 1. The van der Waals surface area contributed by atoms with Crippen molar-refractivity contribution in [3.8, 4) is 0 Å². The highest BCUT2D eigenvalue weighted by atomic mass is 127. The fourth-order valence-electron chi connectivity index (χ4n) is 4.76. The second kappa shape index (κ2) is 12.5. The van der Waals surface area contributed by atoms with E-state index >= 15 is 0 Å². The number of carbonyl (C=O) groups excluding carboxylic acids is 1. The van der Waals surface area contributed by atoms with Gasteiger partial charge in [-0.25, -0.2) is 4.99 Å². The maximum absolute atomic E-state index is 12.9. The quantitative estimate of drug-likeness (QED) is 0.192. The Balaban J connectivity index is 0.00000306. The van der Waals surface area contributed by atoms with Crippen LogP contribution >= 0.6 is 24.0 Å². The number of carbonyl (C=O) groups is 1. The zero-order valence-corrected chi connectivity index (χ0v) is 21.3. The third kappa shape index (κ3) is 7.02. The number of non-ortho nitro benzene ring substituents is 1. The van der Waals surface area contributed by atoms with Gasteiger partial charge in [0.15, 0.2) is 5.96 Å². The number of piperidine rings is 1. The number of nitrogens with one attached hydrogen (secondary N) is 1. The van der Waals surface area contributed by atoms with Gasteiger partial charge in [0.05, 0.1) is 24.7 Å². The molecular weight excluding hydrogens is 537 g/mol. The van der Waals surface area contributed by atoms with Crippen molar-refractivity contribution in [3.05, 3.63) is 39.9 Å². The van der Waals surface area contributed by atoms with Gasteiger partial charge in [-0.2, -0.15) is 0 Å². The third-order valence-electron chi connectivity index (χ3n) is 6.71. The lowest BCUT2D eigenvalue weighted by Gasteiger charge is -2.37. The first-order valence-electron chi connectivity index (χ1n) is 11.8. The summed E-state index contributed by atoms with van der Waals surface area (Å²) in [7, 11) is 0. The number of halogens is 1. The summed E-state index contributed by atoms with van der Waals surface area (Å²) in [4.78, 5) is 32.4. The Kier molecular flexibility index (Phi) is 9.72. The second-order valence-corrected chi connectivity index (χ2v) is 8.89. The number of likely N-dealkylation sites (tertiary alicyclic amines) is 1. The van der Waals surface area contributed by atoms with Gasteiger partial charge in [0, 0.05) is 50.3 Å². The monoisotopic (exact) mass is 571 g/mol. The van der Waals surface area contributed by atoms with Crippen LogP contribution in [-0.4, -0.2) is 72.0 Å². The van der Waals surface area contributed by atoms with Crippen LogP contribution in [0.25, 0.3) is 0 Å². The summed E-state index contributed by atoms with van der Waals surface area (Å²) in [6.45, 7) is 4.75. The molecule has 0 unspecified atom stereocenters. The highest BCUT2D eigenvalue weighted by Crippen LogP contribution is 2.23. The molecular formula is C23H34IN5O4. The van der Waals surface area contributed by atoms with Crippen LogP contribution in [-0.2, 0) is 16.1 Å². The number of hydrogen-bond donors (Lipinski definition) is 1. The van der Waals surface area contributed by atoms with E-state index in [1.807, 2.05) is 4.90 Å². The summed E-state index contributed by atoms with van der Waals surface area (Å²) >= 11 is 0. The fraction of sp³-hybridized carbons (Fsp3) is 0.652. The van der Waals surface area contributed by atoms with Gasteiger partial charge in [-0.15, -0.1) is 24.0 Å². The fourth-order valence-corrected chi connectivity index (χ4v) is 4.76. The molecule has 1 aliphatic carbocycles. The van der Waals surface area contributed by atoms with Crippen molar-refractivity contribution in [3.63, 3.8) is 0 Å². The Morgan fingerprint density at radius 1 is 1.03 bits per heavy atom. The average Bonchev–Trinajstić information content (AvgIpc) is 3.35. The number of morpholine rings is 1. The molecule has 1 aromatic rings. The molecule has 9 nitrogen and oxygen atoms in total. The van der Waals surface area contributed by atoms with Gasteiger partial charge < -0.3 is 19.9 Å². The van der Waals surface area contributed by atoms with Crippen LogP contribution in [0.2, 0.25) is 0 Å². The van der Waals surface area contributed by atoms with Gasteiger partial charge in [-0.3, -0.25) is 14.9 Å². The minimum Gasteiger partial charge on any atom is -0.378 e. The predicted octanol–water partition coefficient (Wildman–Crippen LogP) is 3.17. The molecule has 1 aromatic carbocycles. The Hall–Kier alpha value is -1.95. The van der Waals surface area contributed by atoms with E-state index in [1.165, 1.54) is 25.0 Å². The summed E-state index contributed by atoms with van der Waals surface area (Å²) in [5.41, 5.74) is 1.03. The van der Waals surface area contributed by atoms with Crippen molar-refractivity contribution in [1.29, 1.82) is 0 Å². The van der Waals surface area contributed by atoms with E-state index < -0.39 is 0 Å². The van der Waals surface area contributed by atoms with E-state index in [-0.39, 0.29) is 46.4 Å². The molecule has 2 saturated heterocycles. The molecule has 1 N–H and O–H groups in total. The predicted molar refractivity (Wildman–Crippen MR) is 137 cm³/mol. The van der Waals surface area contributed by atoms with Crippen molar-refractivity contribution >= 4 is 41.5 Å². The molecule has 10 heteroatoms. The molecule has 0 radical (unpaired) electrons. The molecule has 4 rings (SSSR count). The first-order chi connectivity index (χ1) is 15.6. The van der Waals surface area contributed by atoms with Crippen molar-refractivity contribution in [2.24, 2.45) is 10.9 Å². The summed E-state index contributed by atoms with van der Waals surface area (Å²) < 4.78 is 5.37. The highest BCUT2D eigenvalue weighted by Gasteiger charge is 2.31. The van der Waals surface area contributed by atoms with Crippen LogP contribution in [0.1, 0.15) is 44.1 Å². The molecule has 0 spiro atoms. The highest BCUT2D eigenvalue weighted by molar-refractivity contribution is 14.0. The summed E-state index contributed by atoms with van der Waals surface area (Å²) in [5.74, 6) is 1.24. The Bertz CT molecular complexity index is 815. The normalized spacial score (nSPS) is 20.4. The molecule has 2 heterocycles. The lowest BCUT2D eigenvalue weighted by Crippen LogP contribution is -2.51. The van der Waals surface area contributed by atoms with Gasteiger partial charge in [0.2, 0.25) is 5.91 Å². The number of aliphatic imine (C=N–C) groups is 1. The standard InChI is InChI=1S/C23H33N5O4.HI/c29-22(26-13-15-32-16-14-26)19-9-11-27(12-10-19)23(25-20-3-1-2-4-20)24-17-18-5-7-21(8-6-18)28(30)31;/h5-8,19-20H,1-4,9-17H2,(H,24,25);1H. The van der Waals surface area contributed by atoms with Crippen molar-refractivity contribution in [1.82, 2.24) is 15.1 Å². The average molecular weight is 571 g/mol. The summed E-state index contributed by atoms with van der Waals surface area (Å²) in [6, 6.07) is 7.03. The molecule has 1 amide bonds. The summed E-state index contributed by atoms with van der Waals surface area (Å²) in [5, 5.41) is 14.5. The van der Waals surface area contributed by atoms with E-state index in [4.69, 9.17) is 9.73 Å². The smallest absolute Gasteiger partial charge is 0.269 e. The minimum atomic E-state index is -0.386. The first kappa shape index (κ1) is 25.7. The van der Waals surface area contributed by atoms with Gasteiger partial charge in [-0.1, -0.05) is 25.0 Å². The topological polar surface area (TPSA) is 100 Å². The number of nitrogens with zero attached hydrogens (tertiary/aromatic N) is 4. The molecule has 0 aromatic heterocycles.